The molecule has 0 aromatic heterocycles. The fourth-order valence-corrected chi connectivity index (χ4v) is 3.81. The molecule has 0 radical (unpaired) electrons. The molecular formula is C23H36O2. The Hall–Kier alpha value is -1.31. The summed E-state index contributed by atoms with van der Waals surface area (Å²) >= 11 is 0. The number of rotatable bonds is 10. The minimum atomic E-state index is -0.581. The summed E-state index contributed by atoms with van der Waals surface area (Å²) in [4.78, 5) is 11.3. The normalized spacial score (nSPS) is 16.0. The number of benzene rings is 1. The summed E-state index contributed by atoms with van der Waals surface area (Å²) in [6.45, 7) is 9.17. The molecule has 1 fully saturated rings. The van der Waals surface area contributed by atoms with Crippen LogP contribution in [0, 0.1) is 17.8 Å². The van der Waals surface area contributed by atoms with Gasteiger partial charge in [-0.25, -0.2) is 0 Å². The van der Waals surface area contributed by atoms with Crippen molar-refractivity contribution in [3.8, 4) is 0 Å². The second-order valence-electron chi connectivity index (χ2n) is 9.27. The van der Waals surface area contributed by atoms with Crippen LogP contribution in [0.5, 0.6) is 0 Å². The van der Waals surface area contributed by atoms with E-state index < -0.39 is 5.97 Å². The molecule has 1 aliphatic carbocycles. The van der Waals surface area contributed by atoms with E-state index in [1.165, 1.54) is 42.4 Å². The van der Waals surface area contributed by atoms with Gasteiger partial charge in [0.25, 0.3) is 0 Å². The second-order valence-corrected chi connectivity index (χ2v) is 9.27. The molecule has 1 saturated carbocycles. The zero-order valence-corrected chi connectivity index (χ0v) is 16.7. The number of hydrogen-bond acceptors (Lipinski definition) is 1. The first-order valence-corrected chi connectivity index (χ1v) is 10.0. The van der Waals surface area contributed by atoms with Crippen LogP contribution in [0.1, 0.15) is 88.8 Å². The van der Waals surface area contributed by atoms with Crippen LogP contribution in [-0.2, 0) is 17.6 Å². The van der Waals surface area contributed by atoms with Gasteiger partial charge in [0.05, 0.1) is 5.41 Å². The minimum Gasteiger partial charge on any atom is -0.481 e. The fraction of sp³-hybridized carbons (Fsp3) is 0.696. The SMILES string of the molecule is Cc1cccc(CCCCC2(C(=O)O)CC2)c1CCCCC(C)(C)C. The molecule has 1 aromatic rings. The van der Waals surface area contributed by atoms with Crippen LogP contribution in [0.4, 0.5) is 0 Å². The summed E-state index contributed by atoms with van der Waals surface area (Å²) in [5.74, 6) is -0.581. The molecular weight excluding hydrogens is 308 g/mol. The second kappa shape index (κ2) is 8.38. The zero-order chi connectivity index (χ0) is 18.5. The Morgan fingerprint density at radius 1 is 1.08 bits per heavy atom. The molecule has 0 heterocycles. The Kier molecular flexibility index (Phi) is 6.71. The molecule has 0 saturated heterocycles. The van der Waals surface area contributed by atoms with E-state index in [0.29, 0.717) is 5.41 Å². The van der Waals surface area contributed by atoms with Gasteiger partial charge in [0, 0.05) is 0 Å². The maximum absolute atomic E-state index is 11.3. The monoisotopic (exact) mass is 344 g/mol. The number of hydrogen-bond donors (Lipinski definition) is 1. The third-order valence-electron chi connectivity index (χ3n) is 5.77. The molecule has 0 aliphatic heterocycles. The third-order valence-corrected chi connectivity index (χ3v) is 5.77. The Labute approximate surface area is 154 Å². The zero-order valence-electron chi connectivity index (χ0n) is 16.7. The van der Waals surface area contributed by atoms with Crippen molar-refractivity contribution in [2.24, 2.45) is 10.8 Å². The van der Waals surface area contributed by atoms with E-state index in [1.807, 2.05) is 0 Å². The highest BCUT2D eigenvalue weighted by atomic mass is 16.4. The Morgan fingerprint density at radius 2 is 1.76 bits per heavy atom. The lowest BCUT2D eigenvalue weighted by Gasteiger charge is -2.18. The molecule has 2 rings (SSSR count). The van der Waals surface area contributed by atoms with E-state index in [-0.39, 0.29) is 5.41 Å². The van der Waals surface area contributed by atoms with E-state index in [0.717, 1.165) is 38.5 Å². The lowest BCUT2D eigenvalue weighted by atomic mass is 9.87. The standard InChI is InChI=1S/C23H36O2/c1-18-10-9-12-19(20(18)13-6-7-14-22(2,3)4)11-5-8-15-23(16-17-23)21(24)25/h9-10,12H,5-8,11,13-17H2,1-4H3,(H,24,25). The summed E-state index contributed by atoms with van der Waals surface area (Å²) < 4.78 is 0. The Morgan fingerprint density at radius 3 is 2.36 bits per heavy atom. The molecule has 0 unspecified atom stereocenters. The van der Waals surface area contributed by atoms with Gasteiger partial charge in [-0.05, 0) is 80.4 Å². The number of aryl methyl sites for hydroxylation is 2. The number of unbranched alkanes of at least 4 members (excludes halogenated alkanes) is 2. The molecule has 2 heteroatoms. The van der Waals surface area contributed by atoms with Crippen LogP contribution in [-0.4, -0.2) is 11.1 Å². The van der Waals surface area contributed by atoms with Gasteiger partial charge >= 0.3 is 5.97 Å². The summed E-state index contributed by atoms with van der Waals surface area (Å²) in [5, 5.41) is 9.28. The predicted octanol–water partition coefficient (Wildman–Crippen LogP) is 6.33. The van der Waals surface area contributed by atoms with Gasteiger partial charge < -0.3 is 5.11 Å². The quantitative estimate of drug-likeness (QED) is 0.503. The van der Waals surface area contributed by atoms with Gasteiger partial charge in [-0.15, -0.1) is 0 Å². The first kappa shape index (κ1) is 20.0. The van der Waals surface area contributed by atoms with Crippen molar-refractivity contribution < 1.29 is 9.90 Å². The lowest BCUT2D eigenvalue weighted by molar-refractivity contribution is -0.143. The van der Waals surface area contributed by atoms with Gasteiger partial charge in [0.15, 0.2) is 0 Å². The van der Waals surface area contributed by atoms with E-state index >= 15 is 0 Å². The first-order valence-electron chi connectivity index (χ1n) is 10.0. The molecule has 1 aliphatic rings. The van der Waals surface area contributed by atoms with Crippen molar-refractivity contribution in [1.82, 2.24) is 0 Å². The number of aliphatic carboxylic acids is 1. The van der Waals surface area contributed by atoms with Crippen LogP contribution in [0.3, 0.4) is 0 Å². The highest BCUT2D eigenvalue weighted by Gasteiger charge is 2.49. The topological polar surface area (TPSA) is 37.3 Å². The molecule has 0 spiro atoms. The smallest absolute Gasteiger partial charge is 0.309 e. The molecule has 0 amide bonds. The summed E-state index contributed by atoms with van der Waals surface area (Å²) in [6.07, 6.45) is 10.9. The van der Waals surface area contributed by atoms with Crippen molar-refractivity contribution in [2.75, 3.05) is 0 Å². The van der Waals surface area contributed by atoms with E-state index in [9.17, 15) is 9.90 Å². The third kappa shape index (κ3) is 6.17. The van der Waals surface area contributed by atoms with Crippen molar-refractivity contribution in [1.29, 1.82) is 0 Å². The highest BCUT2D eigenvalue weighted by Crippen LogP contribution is 2.50. The molecule has 140 valence electrons. The lowest BCUT2D eigenvalue weighted by Crippen LogP contribution is -2.14. The maximum atomic E-state index is 11.3. The van der Waals surface area contributed by atoms with Gasteiger partial charge in [0.1, 0.15) is 0 Å². The van der Waals surface area contributed by atoms with Crippen molar-refractivity contribution in [2.45, 2.75) is 91.9 Å². The molecule has 1 N–H and O–H groups in total. The number of carboxylic acids is 1. The van der Waals surface area contributed by atoms with Crippen molar-refractivity contribution >= 4 is 5.97 Å². The van der Waals surface area contributed by atoms with Crippen LogP contribution >= 0.6 is 0 Å². The summed E-state index contributed by atoms with van der Waals surface area (Å²) in [7, 11) is 0. The van der Waals surface area contributed by atoms with Crippen LogP contribution < -0.4 is 0 Å². The van der Waals surface area contributed by atoms with E-state index in [1.54, 1.807) is 0 Å². The average Bonchev–Trinajstić information content (AvgIpc) is 3.30. The number of carboxylic acid groups (broad SMARTS) is 1. The fourth-order valence-electron chi connectivity index (χ4n) is 3.81. The molecule has 2 nitrogen and oxygen atoms in total. The van der Waals surface area contributed by atoms with Gasteiger partial charge in [0.2, 0.25) is 0 Å². The highest BCUT2D eigenvalue weighted by molar-refractivity contribution is 5.77. The van der Waals surface area contributed by atoms with Crippen molar-refractivity contribution in [3.05, 3.63) is 34.9 Å². The Balaban J connectivity index is 1.81. The van der Waals surface area contributed by atoms with Crippen molar-refractivity contribution in [3.63, 3.8) is 0 Å². The van der Waals surface area contributed by atoms with Crippen LogP contribution in [0.2, 0.25) is 0 Å². The first-order chi connectivity index (χ1) is 11.7. The average molecular weight is 345 g/mol. The number of carbonyl (C=O) groups is 1. The molecule has 0 bridgehead atoms. The maximum Gasteiger partial charge on any atom is 0.309 e. The van der Waals surface area contributed by atoms with Crippen LogP contribution in [0.15, 0.2) is 18.2 Å². The Bertz CT molecular complexity index is 576. The molecule has 1 aromatic carbocycles. The minimum absolute atomic E-state index is 0.359. The van der Waals surface area contributed by atoms with Crippen LogP contribution in [0.25, 0.3) is 0 Å². The molecule has 25 heavy (non-hydrogen) atoms. The summed E-state index contributed by atoms with van der Waals surface area (Å²) in [6, 6.07) is 6.67. The summed E-state index contributed by atoms with van der Waals surface area (Å²) in [5.41, 5.74) is 4.50. The van der Waals surface area contributed by atoms with Gasteiger partial charge in [-0.1, -0.05) is 51.8 Å². The van der Waals surface area contributed by atoms with Gasteiger partial charge in [-0.2, -0.15) is 0 Å². The largest absolute Gasteiger partial charge is 0.481 e. The van der Waals surface area contributed by atoms with E-state index in [4.69, 9.17) is 0 Å². The predicted molar refractivity (Wildman–Crippen MR) is 105 cm³/mol. The van der Waals surface area contributed by atoms with Gasteiger partial charge in [-0.3, -0.25) is 4.79 Å². The van der Waals surface area contributed by atoms with E-state index in [2.05, 4.69) is 45.9 Å². The molecule has 0 atom stereocenters.